The van der Waals surface area contributed by atoms with Gasteiger partial charge in [-0.3, -0.25) is 4.79 Å². The van der Waals surface area contributed by atoms with Gasteiger partial charge in [0.1, 0.15) is 5.82 Å². The zero-order chi connectivity index (χ0) is 12.5. The molecule has 0 aliphatic carbocycles. The molecular weight excluding hydrogens is 242 g/mol. The Balaban J connectivity index is 2.15. The molecule has 7 heteroatoms. The highest BCUT2D eigenvalue weighted by molar-refractivity contribution is 7.91. The third kappa shape index (κ3) is 2.55. The molecule has 0 unspecified atom stereocenters. The van der Waals surface area contributed by atoms with Gasteiger partial charge in [0.2, 0.25) is 0 Å². The molecule has 1 fully saturated rings. The van der Waals surface area contributed by atoms with Crippen molar-refractivity contribution in [3.05, 3.63) is 23.9 Å². The lowest BCUT2D eigenvalue weighted by atomic mass is 10.2. The summed E-state index contributed by atoms with van der Waals surface area (Å²) in [5.74, 6) is -0.0610. The molecule has 2 heterocycles. The Kier molecular flexibility index (Phi) is 3.01. The smallest absolute Gasteiger partial charge is 0.257 e. The van der Waals surface area contributed by atoms with E-state index in [4.69, 9.17) is 5.73 Å². The molecule has 0 aromatic carbocycles. The number of hydrogen-bond donors (Lipinski definition) is 1. The Morgan fingerprint density at radius 3 is 2.59 bits per heavy atom. The van der Waals surface area contributed by atoms with Crippen molar-refractivity contribution >= 4 is 21.6 Å². The number of nitrogen functional groups attached to an aromatic ring is 1. The van der Waals surface area contributed by atoms with E-state index in [-0.39, 0.29) is 36.3 Å². The van der Waals surface area contributed by atoms with Crippen molar-refractivity contribution in [3.63, 3.8) is 0 Å². The fourth-order valence-corrected chi connectivity index (χ4v) is 2.89. The maximum atomic E-state index is 12.0. The van der Waals surface area contributed by atoms with E-state index in [2.05, 4.69) is 4.98 Å². The summed E-state index contributed by atoms with van der Waals surface area (Å²) in [6.45, 7) is 0.436. The number of carbonyl (C=O) groups excluding carboxylic acids is 1. The van der Waals surface area contributed by atoms with Crippen molar-refractivity contribution in [2.75, 3.05) is 30.3 Å². The second kappa shape index (κ2) is 4.33. The van der Waals surface area contributed by atoms with Crippen LogP contribution in [0.5, 0.6) is 0 Å². The molecule has 1 saturated heterocycles. The van der Waals surface area contributed by atoms with E-state index < -0.39 is 9.84 Å². The molecule has 92 valence electrons. The molecule has 0 spiro atoms. The minimum atomic E-state index is -2.98. The van der Waals surface area contributed by atoms with Crippen molar-refractivity contribution in [1.29, 1.82) is 0 Å². The van der Waals surface area contributed by atoms with Crippen LogP contribution in [0.15, 0.2) is 18.3 Å². The first-order valence-corrected chi connectivity index (χ1v) is 7.02. The molecule has 1 aromatic rings. The summed E-state index contributed by atoms with van der Waals surface area (Å²) >= 11 is 0. The van der Waals surface area contributed by atoms with Gasteiger partial charge in [-0.1, -0.05) is 0 Å². The van der Waals surface area contributed by atoms with Crippen LogP contribution in [0, 0.1) is 0 Å². The van der Waals surface area contributed by atoms with Crippen molar-refractivity contribution in [2.45, 2.75) is 0 Å². The van der Waals surface area contributed by atoms with Gasteiger partial charge in [-0.15, -0.1) is 0 Å². The first kappa shape index (κ1) is 11.8. The Labute approximate surface area is 99.4 Å². The molecule has 0 atom stereocenters. The molecule has 1 aliphatic rings. The van der Waals surface area contributed by atoms with Crippen molar-refractivity contribution in [2.24, 2.45) is 0 Å². The molecule has 0 bridgehead atoms. The normalized spacial score (nSPS) is 18.9. The van der Waals surface area contributed by atoms with Crippen LogP contribution in [0.25, 0.3) is 0 Å². The zero-order valence-corrected chi connectivity index (χ0v) is 9.98. The Bertz CT molecular complexity index is 527. The van der Waals surface area contributed by atoms with Crippen molar-refractivity contribution in [3.8, 4) is 0 Å². The third-order valence-electron chi connectivity index (χ3n) is 2.70. The van der Waals surface area contributed by atoms with Crippen LogP contribution in [0.2, 0.25) is 0 Å². The second-order valence-corrected chi connectivity index (χ2v) is 6.18. The standard InChI is InChI=1S/C10H13N3O3S/c11-9-8(2-1-3-12-9)10(14)13-4-6-17(15,16)7-5-13/h1-3H,4-7H2,(H2,11,12). The molecule has 0 saturated carbocycles. The zero-order valence-electron chi connectivity index (χ0n) is 9.17. The molecule has 0 radical (unpaired) electrons. The first-order valence-electron chi connectivity index (χ1n) is 5.20. The topological polar surface area (TPSA) is 93.4 Å². The SMILES string of the molecule is Nc1ncccc1C(=O)N1CCS(=O)(=O)CC1. The molecule has 2 rings (SSSR count). The maximum absolute atomic E-state index is 12.0. The van der Waals surface area contributed by atoms with Gasteiger partial charge in [-0.05, 0) is 12.1 Å². The molecule has 1 aliphatic heterocycles. The van der Waals surface area contributed by atoms with E-state index >= 15 is 0 Å². The average molecular weight is 255 g/mol. The summed E-state index contributed by atoms with van der Waals surface area (Å²) in [6.07, 6.45) is 1.51. The number of pyridine rings is 1. The van der Waals surface area contributed by atoms with E-state index in [1.165, 1.54) is 11.1 Å². The Morgan fingerprint density at radius 2 is 2.00 bits per heavy atom. The monoisotopic (exact) mass is 255 g/mol. The van der Waals surface area contributed by atoms with Gasteiger partial charge < -0.3 is 10.6 Å². The van der Waals surface area contributed by atoms with Gasteiger partial charge in [0.15, 0.2) is 9.84 Å². The molecule has 1 aromatic heterocycles. The minimum absolute atomic E-state index is 0.0128. The minimum Gasteiger partial charge on any atom is -0.383 e. The number of nitrogens with two attached hydrogens (primary N) is 1. The highest BCUT2D eigenvalue weighted by Crippen LogP contribution is 2.13. The number of sulfone groups is 1. The lowest BCUT2D eigenvalue weighted by Crippen LogP contribution is -2.43. The summed E-state index contributed by atoms with van der Waals surface area (Å²) in [6, 6.07) is 3.22. The number of hydrogen-bond acceptors (Lipinski definition) is 5. The van der Waals surface area contributed by atoms with E-state index in [9.17, 15) is 13.2 Å². The van der Waals surface area contributed by atoms with E-state index in [1.807, 2.05) is 0 Å². The first-order chi connectivity index (χ1) is 7.99. The van der Waals surface area contributed by atoms with Crippen LogP contribution >= 0.6 is 0 Å². The van der Waals surface area contributed by atoms with E-state index in [0.717, 1.165) is 0 Å². The van der Waals surface area contributed by atoms with Crippen LogP contribution in [0.3, 0.4) is 0 Å². The number of aromatic nitrogens is 1. The number of anilines is 1. The van der Waals surface area contributed by atoms with Crippen molar-refractivity contribution < 1.29 is 13.2 Å². The highest BCUT2D eigenvalue weighted by atomic mass is 32.2. The van der Waals surface area contributed by atoms with Crippen LogP contribution in [0.1, 0.15) is 10.4 Å². The van der Waals surface area contributed by atoms with Gasteiger partial charge in [-0.2, -0.15) is 0 Å². The van der Waals surface area contributed by atoms with Crippen LogP contribution in [-0.4, -0.2) is 48.8 Å². The van der Waals surface area contributed by atoms with Gasteiger partial charge in [0.05, 0.1) is 17.1 Å². The summed E-state index contributed by atoms with van der Waals surface area (Å²) in [5, 5.41) is 0. The molecule has 17 heavy (non-hydrogen) atoms. The van der Waals surface area contributed by atoms with Crippen LogP contribution < -0.4 is 5.73 Å². The number of rotatable bonds is 1. The maximum Gasteiger partial charge on any atom is 0.257 e. The largest absolute Gasteiger partial charge is 0.383 e. The van der Waals surface area contributed by atoms with E-state index in [0.29, 0.717) is 5.56 Å². The summed E-state index contributed by atoms with van der Waals surface area (Å²) in [7, 11) is -2.98. The Hall–Kier alpha value is -1.63. The summed E-state index contributed by atoms with van der Waals surface area (Å²) in [4.78, 5) is 17.4. The van der Waals surface area contributed by atoms with Gasteiger partial charge >= 0.3 is 0 Å². The Morgan fingerprint density at radius 1 is 1.35 bits per heavy atom. The van der Waals surface area contributed by atoms with Gasteiger partial charge in [0.25, 0.3) is 5.91 Å². The molecular formula is C10H13N3O3S. The lowest BCUT2D eigenvalue weighted by Gasteiger charge is -2.26. The number of amides is 1. The molecule has 2 N–H and O–H groups in total. The van der Waals surface area contributed by atoms with E-state index in [1.54, 1.807) is 12.1 Å². The number of nitrogens with zero attached hydrogens (tertiary/aromatic N) is 2. The van der Waals surface area contributed by atoms with Crippen LogP contribution in [-0.2, 0) is 9.84 Å². The quantitative estimate of drug-likeness (QED) is 0.732. The van der Waals surface area contributed by atoms with Crippen LogP contribution in [0.4, 0.5) is 5.82 Å². The summed E-state index contributed by atoms with van der Waals surface area (Å²) < 4.78 is 22.5. The van der Waals surface area contributed by atoms with Gasteiger partial charge in [0, 0.05) is 19.3 Å². The predicted molar refractivity (Wildman–Crippen MR) is 63.2 cm³/mol. The number of carbonyl (C=O) groups is 1. The predicted octanol–water partition coefficient (Wildman–Crippen LogP) is -0.466. The fourth-order valence-electron chi connectivity index (χ4n) is 1.68. The van der Waals surface area contributed by atoms with Gasteiger partial charge in [-0.25, -0.2) is 13.4 Å². The summed E-state index contributed by atoms with van der Waals surface area (Å²) in [5.41, 5.74) is 5.93. The molecule has 1 amide bonds. The van der Waals surface area contributed by atoms with Crippen molar-refractivity contribution in [1.82, 2.24) is 9.88 Å². The third-order valence-corrected chi connectivity index (χ3v) is 4.31. The lowest BCUT2D eigenvalue weighted by molar-refractivity contribution is 0.0771. The fraction of sp³-hybridized carbons (Fsp3) is 0.400. The molecule has 6 nitrogen and oxygen atoms in total. The average Bonchev–Trinajstić information content (AvgIpc) is 2.29. The second-order valence-electron chi connectivity index (χ2n) is 3.88. The highest BCUT2D eigenvalue weighted by Gasteiger charge is 2.26.